The van der Waals surface area contributed by atoms with Gasteiger partial charge in [-0.2, -0.15) is 0 Å². The monoisotopic (exact) mass is 502 g/mol. The van der Waals surface area contributed by atoms with E-state index in [1.54, 1.807) is 6.07 Å². The second kappa shape index (κ2) is 9.21. The molecule has 3 heterocycles. The summed E-state index contributed by atoms with van der Waals surface area (Å²) in [4.78, 5) is 32.4. The van der Waals surface area contributed by atoms with Crippen molar-refractivity contribution in [1.29, 1.82) is 0 Å². The van der Waals surface area contributed by atoms with E-state index in [1.807, 2.05) is 43.3 Å². The lowest BCUT2D eigenvalue weighted by Crippen LogP contribution is -2.26. The standard InChI is InChI=1S/C29H30N2O4S/c1-16-10-13-23(35-16)22-15-20(18-8-6-7-9-21(18)30-22)26(32)31-27-25(28(33)34-5)19-12-11-17(29(2,3)4)14-24(19)36-27/h6-10,13,15,17H,11-12,14H2,1-5H3,(H,31,32)/t17-/m1/s1. The van der Waals surface area contributed by atoms with Crippen LogP contribution in [0.15, 0.2) is 46.9 Å². The molecular weight excluding hydrogens is 472 g/mol. The van der Waals surface area contributed by atoms with Gasteiger partial charge in [0.2, 0.25) is 0 Å². The molecule has 1 aliphatic carbocycles. The van der Waals surface area contributed by atoms with Crippen molar-refractivity contribution in [3.05, 3.63) is 69.8 Å². The molecule has 1 amide bonds. The van der Waals surface area contributed by atoms with Crippen molar-refractivity contribution in [2.45, 2.75) is 47.0 Å². The van der Waals surface area contributed by atoms with Crippen molar-refractivity contribution >= 4 is 39.1 Å². The first-order chi connectivity index (χ1) is 17.2. The Morgan fingerprint density at radius 2 is 1.94 bits per heavy atom. The van der Waals surface area contributed by atoms with Crippen molar-refractivity contribution in [1.82, 2.24) is 4.98 Å². The van der Waals surface area contributed by atoms with E-state index in [1.165, 1.54) is 18.4 Å². The van der Waals surface area contributed by atoms with Gasteiger partial charge in [0.1, 0.15) is 16.5 Å². The van der Waals surface area contributed by atoms with E-state index in [4.69, 9.17) is 14.1 Å². The first kappa shape index (κ1) is 24.3. The van der Waals surface area contributed by atoms with E-state index in [0.29, 0.717) is 39.0 Å². The average Bonchev–Trinajstić information content (AvgIpc) is 3.44. The van der Waals surface area contributed by atoms with E-state index < -0.39 is 5.97 Å². The highest BCUT2D eigenvalue weighted by molar-refractivity contribution is 7.17. The lowest BCUT2D eigenvalue weighted by molar-refractivity contribution is 0.0600. The molecule has 0 spiro atoms. The van der Waals surface area contributed by atoms with Crippen LogP contribution < -0.4 is 5.32 Å². The molecular formula is C29H30N2O4S. The Labute approximate surface area is 214 Å². The number of nitrogens with one attached hydrogen (secondary N) is 1. The molecule has 1 N–H and O–H groups in total. The molecule has 186 valence electrons. The van der Waals surface area contributed by atoms with Crippen LogP contribution in [0.3, 0.4) is 0 Å². The van der Waals surface area contributed by atoms with E-state index in [2.05, 4.69) is 26.1 Å². The van der Waals surface area contributed by atoms with Crippen LogP contribution in [0.2, 0.25) is 0 Å². The number of hydrogen-bond donors (Lipinski definition) is 1. The molecule has 0 aliphatic heterocycles. The molecule has 1 aliphatic rings. The fourth-order valence-corrected chi connectivity index (χ4v) is 6.27. The summed E-state index contributed by atoms with van der Waals surface area (Å²) in [7, 11) is 1.38. The summed E-state index contributed by atoms with van der Waals surface area (Å²) in [5.74, 6) is 1.17. The molecule has 0 saturated heterocycles. The van der Waals surface area contributed by atoms with Crippen LogP contribution >= 0.6 is 11.3 Å². The maximum Gasteiger partial charge on any atom is 0.341 e. The maximum absolute atomic E-state index is 13.7. The number of methoxy groups -OCH3 is 1. The molecule has 4 aromatic rings. The first-order valence-corrected chi connectivity index (χ1v) is 13.0. The normalized spacial score (nSPS) is 15.5. The molecule has 3 aromatic heterocycles. The molecule has 5 rings (SSSR count). The van der Waals surface area contributed by atoms with Crippen LogP contribution in [-0.4, -0.2) is 24.0 Å². The number of benzene rings is 1. The number of thiophene rings is 1. The molecule has 1 atom stereocenters. The van der Waals surface area contributed by atoms with Crippen molar-refractivity contribution in [3.8, 4) is 11.5 Å². The Morgan fingerprint density at radius 3 is 2.64 bits per heavy atom. The highest BCUT2D eigenvalue weighted by Gasteiger charge is 2.34. The molecule has 1 aromatic carbocycles. The molecule has 0 radical (unpaired) electrons. The van der Waals surface area contributed by atoms with Gasteiger partial charge in [0.05, 0.1) is 23.8 Å². The van der Waals surface area contributed by atoms with Crippen molar-refractivity contribution < 1.29 is 18.7 Å². The molecule has 0 fully saturated rings. The van der Waals surface area contributed by atoms with E-state index >= 15 is 0 Å². The summed E-state index contributed by atoms with van der Waals surface area (Å²) >= 11 is 1.49. The maximum atomic E-state index is 13.7. The summed E-state index contributed by atoms with van der Waals surface area (Å²) in [6.07, 6.45) is 2.70. The fourth-order valence-electron chi connectivity index (χ4n) is 4.96. The number of ether oxygens (including phenoxy) is 1. The minimum atomic E-state index is -0.414. The van der Waals surface area contributed by atoms with Gasteiger partial charge in [0.15, 0.2) is 5.76 Å². The third-order valence-electron chi connectivity index (χ3n) is 7.06. The summed E-state index contributed by atoms with van der Waals surface area (Å²) in [6.45, 7) is 8.64. The van der Waals surface area contributed by atoms with Gasteiger partial charge >= 0.3 is 5.97 Å². The zero-order valence-corrected chi connectivity index (χ0v) is 22.0. The van der Waals surface area contributed by atoms with Crippen LogP contribution in [0.25, 0.3) is 22.4 Å². The van der Waals surface area contributed by atoms with E-state index in [-0.39, 0.29) is 11.3 Å². The second-order valence-corrected chi connectivity index (χ2v) is 11.5. The Morgan fingerprint density at radius 1 is 1.17 bits per heavy atom. The number of nitrogens with zero attached hydrogens (tertiary/aromatic N) is 1. The Bertz CT molecular complexity index is 1470. The van der Waals surface area contributed by atoms with Crippen molar-refractivity contribution in [2.75, 3.05) is 12.4 Å². The topological polar surface area (TPSA) is 81.4 Å². The van der Waals surface area contributed by atoms with Gasteiger partial charge in [-0.15, -0.1) is 11.3 Å². The average molecular weight is 503 g/mol. The highest BCUT2D eigenvalue weighted by atomic mass is 32.1. The molecule has 0 bridgehead atoms. The SMILES string of the molecule is COC(=O)c1c(NC(=O)c2cc(-c3ccc(C)o3)nc3ccccc23)sc2c1CC[C@@H](C(C)(C)C)C2. The molecule has 0 saturated carbocycles. The number of aromatic nitrogens is 1. The van der Waals surface area contributed by atoms with Crippen LogP contribution in [0.5, 0.6) is 0 Å². The van der Waals surface area contributed by atoms with Gasteiger partial charge in [-0.05, 0) is 67.3 Å². The minimum Gasteiger partial charge on any atom is -0.465 e. The lowest BCUT2D eigenvalue weighted by Gasteiger charge is -2.33. The van der Waals surface area contributed by atoms with Crippen LogP contribution in [0.4, 0.5) is 5.00 Å². The van der Waals surface area contributed by atoms with Gasteiger partial charge < -0.3 is 14.5 Å². The summed E-state index contributed by atoms with van der Waals surface area (Å²) in [6, 6.07) is 13.0. The number of carbonyl (C=O) groups excluding carboxylic acids is 2. The number of furan rings is 1. The van der Waals surface area contributed by atoms with Crippen molar-refractivity contribution in [3.63, 3.8) is 0 Å². The fraction of sp³-hybridized carbons (Fsp3) is 0.345. The first-order valence-electron chi connectivity index (χ1n) is 12.2. The van der Waals surface area contributed by atoms with Crippen LogP contribution in [0.1, 0.15) is 64.1 Å². The molecule has 7 heteroatoms. The molecule has 36 heavy (non-hydrogen) atoms. The van der Waals surface area contributed by atoms with Gasteiger partial charge in [0.25, 0.3) is 5.91 Å². The largest absolute Gasteiger partial charge is 0.465 e. The molecule has 6 nitrogen and oxygen atoms in total. The van der Waals surface area contributed by atoms with Gasteiger partial charge in [0, 0.05) is 10.3 Å². The third kappa shape index (κ3) is 4.44. The highest BCUT2D eigenvalue weighted by Crippen LogP contribution is 2.44. The predicted octanol–water partition coefficient (Wildman–Crippen LogP) is 7.05. The van der Waals surface area contributed by atoms with Crippen molar-refractivity contribution in [2.24, 2.45) is 11.3 Å². The van der Waals surface area contributed by atoms with Crippen LogP contribution in [-0.2, 0) is 17.6 Å². The summed E-state index contributed by atoms with van der Waals surface area (Å²) in [5.41, 5.74) is 3.42. The number of rotatable bonds is 4. The smallest absolute Gasteiger partial charge is 0.341 e. The number of amides is 1. The number of pyridine rings is 1. The number of carbonyl (C=O) groups is 2. The summed E-state index contributed by atoms with van der Waals surface area (Å²) < 4.78 is 10.9. The second-order valence-electron chi connectivity index (χ2n) is 10.4. The number of fused-ring (bicyclic) bond motifs is 2. The quantitative estimate of drug-likeness (QED) is 0.302. The van der Waals surface area contributed by atoms with Gasteiger partial charge in [-0.25, -0.2) is 9.78 Å². The number of para-hydroxylation sites is 1. The summed E-state index contributed by atoms with van der Waals surface area (Å²) in [5, 5.41) is 4.33. The Kier molecular flexibility index (Phi) is 6.20. The Hall–Kier alpha value is -3.45. The van der Waals surface area contributed by atoms with E-state index in [9.17, 15) is 9.59 Å². The number of esters is 1. The Balaban J connectivity index is 1.56. The predicted molar refractivity (Wildman–Crippen MR) is 143 cm³/mol. The van der Waals surface area contributed by atoms with Gasteiger partial charge in [-0.3, -0.25) is 4.79 Å². The van der Waals surface area contributed by atoms with Gasteiger partial charge in [-0.1, -0.05) is 39.0 Å². The third-order valence-corrected chi connectivity index (χ3v) is 8.23. The molecule has 0 unspecified atom stereocenters. The zero-order chi connectivity index (χ0) is 25.6. The number of hydrogen-bond acceptors (Lipinski definition) is 6. The lowest BCUT2D eigenvalue weighted by atomic mass is 9.72. The number of anilines is 1. The minimum absolute atomic E-state index is 0.174. The van der Waals surface area contributed by atoms with E-state index in [0.717, 1.165) is 40.8 Å². The number of aryl methyl sites for hydroxylation is 1. The zero-order valence-electron chi connectivity index (χ0n) is 21.2. The van der Waals surface area contributed by atoms with Crippen LogP contribution in [0, 0.1) is 18.3 Å².